The Morgan fingerprint density at radius 3 is 2.62 bits per heavy atom. The molecule has 0 saturated heterocycles. The van der Waals surface area contributed by atoms with Crippen molar-refractivity contribution < 1.29 is 14.7 Å². The average Bonchev–Trinajstić information content (AvgIpc) is 2.62. The van der Waals surface area contributed by atoms with E-state index in [1.165, 1.54) is 0 Å². The maximum absolute atomic E-state index is 12.3. The molecule has 1 heterocycles. The number of anilines is 1. The first-order valence-electron chi connectivity index (χ1n) is 8.59. The molecule has 5 nitrogen and oxygen atoms in total. The van der Waals surface area contributed by atoms with Crippen LogP contribution >= 0.6 is 0 Å². The summed E-state index contributed by atoms with van der Waals surface area (Å²) in [5.41, 5.74) is 4.22. The number of carbonyl (C=O) groups is 2. The highest BCUT2D eigenvalue weighted by Crippen LogP contribution is 2.29. The van der Waals surface area contributed by atoms with Gasteiger partial charge in [0.2, 0.25) is 5.91 Å². The van der Waals surface area contributed by atoms with Gasteiger partial charge in [0.05, 0.1) is 18.8 Å². The van der Waals surface area contributed by atoms with Crippen molar-refractivity contribution in [2.24, 2.45) is 0 Å². The monoisotopic (exact) mass is 350 g/mol. The van der Waals surface area contributed by atoms with Crippen molar-refractivity contribution in [3.63, 3.8) is 0 Å². The van der Waals surface area contributed by atoms with Gasteiger partial charge in [-0.15, -0.1) is 0 Å². The summed E-state index contributed by atoms with van der Waals surface area (Å²) in [5, 5.41) is 11.8. The maximum atomic E-state index is 12.3. The van der Waals surface area contributed by atoms with Crippen molar-refractivity contribution in [1.29, 1.82) is 0 Å². The number of nitrogens with zero attached hydrogens (tertiary/aromatic N) is 1. The summed E-state index contributed by atoms with van der Waals surface area (Å²) in [6, 6.07) is 12.9. The molecule has 2 N–H and O–H groups in total. The van der Waals surface area contributed by atoms with Gasteiger partial charge in [-0.25, -0.2) is 0 Å². The minimum Gasteiger partial charge on any atom is -0.394 e. The van der Waals surface area contributed by atoms with Crippen LogP contribution in [-0.2, 0) is 11.3 Å². The zero-order chi connectivity index (χ0) is 18.7. The predicted molar refractivity (Wildman–Crippen MR) is 103 cm³/mol. The number of hydrogen-bond acceptors (Lipinski definition) is 3. The Bertz CT molecular complexity index is 873. The molecule has 2 aromatic carbocycles. The molecule has 26 heavy (non-hydrogen) atoms. The molecular formula is C21H22N2O3. The van der Waals surface area contributed by atoms with Crippen molar-refractivity contribution in [3.8, 4) is 0 Å². The first-order valence-corrected chi connectivity index (χ1v) is 8.59. The number of para-hydroxylation sites is 1. The fourth-order valence-electron chi connectivity index (χ4n) is 2.98. The minimum absolute atomic E-state index is 0.0303. The van der Waals surface area contributed by atoms with Gasteiger partial charge >= 0.3 is 0 Å². The molecular weight excluding hydrogens is 328 g/mol. The van der Waals surface area contributed by atoms with E-state index in [1.54, 1.807) is 24.8 Å². The second-order valence-corrected chi connectivity index (χ2v) is 6.47. The number of aliphatic hydroxyl groups is 1. The molecule has 134 valence electrons. The Balaban J connectivity index is 2.00. The molecule has 0 bridgehead atoms. The highest BCUT2D eigenvalue weighted by molar-refractivity contribution is 5.97. The molecule has 2 aromatic rings. The first kappa shape index (κ1) is 17.9. The minimum atomic E-state index is -0.305. The highest BCUT2D eigenvalue weighted by atomic mass is 16.3. The third-order valence-electron chi connectivity index (χ3n) is 4.44. The summed E-state index contributed by atoms with van der Waals surface area (Å²) in [7, 11) is 0. The molecule has 0 aliphatic carbocycles. The topological polar surface area (TPSA) is 69.6 Å². The van der Waals surface area contributed by atoms with Crippen LogP contribution < -0.4 is 10.2 Å². The van der Waals surface area contributed by atoms with Crippen LogP contribution in [0.15, 0.2) is 42.5 Å². The molecule has 0 spiro atoms. The van der Waals surface area contributed by atoms with Crippen molar-refractivity contribution in [1.82, 2.24) is 5.32 Å². The van der Waals surface area contributed by atoms with Crippen LogP contribution in [0.4, 0.5) is 5.69 Å². The van der Waals surface area contributed by atoms with Gasteiger partial charge in [-0.3, -0.25) is 9.59 Å². The lowest BCUT2D eigenvalue weighted by atomic mass is 9.98. The third kappa shape index (κ3) is 3.68. The molecule has 1 aliphatic rings. The van der Waals surface area contributed by atoms with E-state index in [0.717, 1.165) is 22.4 Å². The number of fused-ring (bicyclic) bond motifs is 2. The molecule has 5 heteroatoms. The van der Waals surface area contributed by atoms with Crippen LogP contribution in [0.25, 0.3) is 12.2 Å². The van der Waals surface area contributed by atoms with Gasteiger partial charge in [0.25, 0.3) is 5.91 Å². The Hall–Kier alpha value is -2.92. The van der Waals surface area contributed by atoms with E-state index in [2.05, 4.69) is 5.32 Å². The lowest BCUT2D eigenvalue weighted by Crippen LogP contribution is -2.35. The summed E-state index contributed by atoms with van der Waals surface area (Å²) < 4.78 is 0. The number of hydrogen-bond donors (Lipinski definition) is 2. The summed E-state index contributed by atoms with van der Waals surface area (Å²) in [5.74, 6) is -0.258. The van der Waals surface area contributed by atoms with Crippen molar-refractivity contribution in [2.75, 3.05) is 11.5 Å². The summed E-state index contributed by atoms with van der Waals surface area (Å²) in [6.45, 7) is 3.63. The molecule has 0 saturated carbocycles. The van der Waals surface area contributed by atoms with Crippen LogP contribution in [0.3, 0.4) is 0 Å². The SMILES string of the molecule is CC(=O)N1Cc2ccc(C(=O)NC(C)CO)cc2C=Cc2ccccc21. The van der Waals surface area contributed by atoms with Crippen LogP contribution in [0, 0.1) is 0 Å². The fourth-order valence-corrected chi connectivity index (χ4v) is 2.98. The van der Waals surface area contributed by atoms with Crippen LogP contribution in [-0.4, -0.2) is 29.6 Å². The molecule has 0 aromatic heterocycles. The molecule has 1 unspecified atom stereocenters. The van der Waals surface area contributed by atoms with Crippen LogP contribution in [0.2, 0.25) is 0 Å². The zero-order valence-electron chi connectivity index (χ0n) is 14.9. The molecule has 0 fully saturated rings. The first-order chi connectivity index (χ1) is 12.5. The quantitative estimate of drug-likeness (QED) is 0.894. The highest BCUT2D eigenvalue weighted by Gasteiger charge is 2.19. The number of carbonyl (C=O) groups excluding carboxylic acids is 2. The van der Waals surface area contributed by atoms with Gasteiger partial charge in [0, 0.05) is 18.5 Å². The average molecular weight is 350 g/mol. The fraction of sp³-hybridized carbons (Fsp3) is 0.238. The largest absolute Gasteiger partial charge is 0.394 e. The Morgan fingerprint density at radius 1 is 1.15 bits per heavy atom. The summed E-state index contributed by atoms with van der Waals surface area (Å²) in [6.07, 6.45) is 3.93. The maximum Gasteiger partial charge on any atom is 0.251 e. The molecule has 1 aliphatic heterocycles. The zero-order valence-corrected chi connectivity index (χ0v) is 14.9. The van der Waals surface area contributed by atoms with E-state index in [1.807, 2.05) is 48.6 Å². The standard InChI is InChI=1S/C21H22N2O3/c1-14(13-24)22-21(26)18-9-10-19-12-23(15(2)25)20-6-4-3-5-16(20)7-8-17(19)11-18/h3-11,14,24H,12-13H2,1-2H3,(H,22,26). The van der Waals surface area contributed by atoms with E-state index in [9.17, 15) is 9.59 Å². The van der Waals surface area contributed by atoms with Gasteiger partial charge in [-0.1, -0.05) is 36.4 Å². The number of benzene rings is 2. The van der Waals surface area contributed by atoms with E-state index in [-0.39, 0.29) is 24.5 Å². The van der Waals surface area contributed by atoms with Crippen molar-refractivity contribution in [2.45, 2.75) is 26.4 Å². The van der Waals surface area contributed by atoms with Gasteiger partial charge < -0.3 is 15.3 Å². The second-order valence-electron chi connectivity index (χ2n) is 6.47. The Labute approximate surface area is 153 Å². The van der Waals surface area contributed by atoms with E-state index in [4.69, 9.17) is 5.11 Å². The third-order valence-corrected chi connectivity index (χ3v) is 4.44. The summed E-state index contributed by atoms with van der Waals surface area (Å²) in [4.78, 5) is 26.2. The van der Waals surface area contributed by atoms with Crippen LogP contribution in [0.5, 0.6) is 0 Å². The second kappa shape index (κ2) is 7.54. The summed E-state index contributed by atoms with van der Waals surface area (Å²) >= 11 is 0. The predicted octanol–water partition coefficient (Wildman–Crippen LogP) is 2.83. The van der Waals surface area contributed by atoms with Gasteiger partial charge in [0.15, 0.2) is 0 Å². The smallest absolute Gasteiger partial charge is 0.251 e. The van der Waals surface area contributed by atoms with Gasteiger partial charge in [-0.2, -0.15) is 0 Å². The normalized spacial score (nSPS) is 13.9. The molecule has 3 rings (SSSR count). The van der Waals surface area contributed by atoms with Gasteiger partial charge in [0.1, 0.15) is 0 Å². The number of nitrogens with one attached hydrogen (secondary N) is 1. The van der Waals surface area contributed by atoms with E-state index in [0.29, 0.717) is 12.1 Å². The van der Waals surface area contributed by atoms with Crippen LogP contribution in [0.1, 0.15) is 40.9 Å². The number of aliphatic hydroxyl groups excluding tert-OH is 1. The molecule has 0 radical (unpaired) electrons. The van der Waals surface area contributed by atoms with E-state index < -0.39 is 0 Å². The van der Waals surface area contributed by atoms with Crippen molar-refractivity contribution >= 4 is 29.7 Å². The van der Waals surface area contributed by atoms with Gasteiger partial charge in [-0.05, 0) is 41.8 Å². The molecule has 2 amide bonds. The lowest BCUT2D eigenvalue weighted by Gasteiger charge is -2.26. The number of rotatable bonds is 3. The van der Waals surface area contributed by atoms with E-state index >= 15 is 0 Å². The lowest BCUT2D eigenvalue weighted by molar-refractivity contribution is -0.116. The Morgan fingerprint density at radius 2 is 1.88 bits per heavy atom. The Kier molecular flexibility index (Phi) is 5.19. The van der Waals surface area contributed by atoms with Crippen molar-refractivity contribution in [3.05, 3.63) is 64.7 Å². The molecule has 1 atom stereocenters. The number of amides is 2.